The number of carbonyl (C=O) groups excluding carboxylic acids is 1. The maximum atomic E-state index is 11.5. The molecule has 1 amide bonds. The molecule has 1 aliphatic heterocycles. The number of phenolic OH excluding ortho intramolecular Hbond substituents is 1. The first-order chi connectivity index (χ1) is 9.42. The Labute approximate surface area is 118 Å². The molecular formula is C11H9N3O5S. The Kier molecular flexibility index (Phi) is 3.53. The molecule has 3 N–H and O–H groups in total. The molecule has 0 unspecified atom stereocenters. The van der Waals surface area contributed by atoms with E-state index in [2.05, 4.69) is 10.6 Å². The van der Waals surface area contributed by atoms with Crippen molar-refractivity contribution < 1.29 is 19.6 Å². The number of hydrogen-bond donors (Lipinski definition) is 3. The van der Waals surface area contributed by atoms with Crippen LogP contribution in [0.15, 0.2) is 17.8 Å². The van der Waals surface area contributed by atoms with Crippen LogP contribution < -0.4 is 15.4 Å². The number of benzene rings is 1. The van der Waals surface area contributed by atoms with Crippen molar-refractivity contribution in [3.63, 3.8) is 0 Å². The Bertz CT molecular complexity index is 656. The molecule has 0 radical (unpaired) electrons. The summed E-state index contributed by atoms with van der Waals surface area (Å²) in [5, 5.41) is 25.6. The third-order valence-electron chi connectivity index (χ3n) is 2.52. The highest BCUT2D eigenvalue weighted by molar-refractivity contribution is 7.80. The van der Waals surface area contributed by atoms with Crippen LogP contribution >= 0.6 is 12.2 Å². The zero-order valence-corrected chi connectivity index (χ0v) is 11.0. The van der Waals surface area contributed by atoms with Crippen LogP contribution in [0, 0.1) is 10.1 Å². The summed E-state index contributed by atoms with van der Waals surface area (Å²) < 4.78 is 4.86. The summed E-state index contributed by atoms with van der Waals surface area (Å²) in [5.74, 6) is -1.07. The summed E-state index contributed by atoms with van der Waals surface area (Å²) in [7, 11) is 1.27. The minimum atomic E-state index is -0.743. The third kappa shape index (κ3) is 2.52. The monoisotopic (exact) mass is 295 g/mol. The first-order valence-electron chi connectivity index (χ1n) is 5.32. The van der Waals surface area contributed by atoms with Crippen molar-refractivity contribution in [3.8, 4) is 11.5 Å². The van der Waals surface area contributed by atoms with Gasteiger partial charge in [-0.1, -0.05) is 0 Å². The Morgan fingerprint density at radius 1 is 1.45 bits per heavy atom. The summed E-state index contributed by atoms with van der Waals surface area (Å²) in [6.45, 7) is 0. The number of hydrogen-bond acceptors (Lipinski definition) is 6. The molecule has 104 valence electrons. The summed E-state index contributed by atoms with van der Waals surface area (Å²) in [4.78, 5) is 21.6. The number of amides is 1. The molecular weight excluding hydrogens is 286 g/mol. The van der Waals surface area contributed by atoms with E-state index in [0.717, 1.165) is 6.07 Å². The summed E-state index contributed by atoms with van der Waals surface area (Å²) >= 11 is 4.77. The molecule has 1 heterocycles. The highest BCUT2D eigenvalue weighted by atomic mass is 32.1. The van der Waals surface area contributed by atoms with E-state index in [1.165, 1.54) is 19.3 Å². The number of rotatable bonds is 3. The number of carbonyl (C=O) groups is 1. The molecule has 8 nitrogen and oxygen atoms in total. The quantitative estimate of drug-likeness (QED) is 0.325. The first-order valence-corrected chi connectivity index (χ1v) is 5.72. The predicted octanol–water partition coefficient (Wildman–Crippen LogP) is 0.654. The molecule has 1 aromatic rings. The number of aromatic hydroxyl groups is 1. The van der Waals surface area contributed by atoms with Crippen LogP contribution in [0.5, 0.6) is 11.5 Å². The molecule has 1 aliphatic rings. The van der Waals surface area contributed by atoms with Gasteiger partial charge in [0.2, 0.25) is 5.75 Å². The smallest absolute Gasteiger partial charge is 0.315 e. The highest BCUT2D eigenvalue weighted by Gasteiger charge is 2.23. The number of ether oxygens (including phenoxy) is 1. The minimum Gasteiger partial charge on any atom is -0.500 e. The number of methoxy groups -OCH3 is 1. The Morgan fingerprint density at radius 3 is 2.65 bits per heavy atom. The lowest BCUT2D eigenvalue weighted by Crippen LogP contribution is -2.21. The molecule has 0 atom stereocenters. The van der Waals surface area contributed by atoms with Gasteiger partial charge in [0.25, 0.3) is 5.91 Å². The fraction of sp³-hybridized carbons (Fsp3) is 0.0909. The number of phenols is 1. The van der Waals surface area contributed by atoms with Gasteiger partial charge in [0.15, 0.2) is 10.9 Å². The SMILES string of the molecule is COc1cc(/C=C2/NC(=S)NC2=O)cc([N+](=O)[O-])c1O. The lowest BCUT2D eigenvalue weighted by atomic mass is 10.1. The van der Waals surface area contributed by atoms with Crippen LogP contribution in [-0.2, 0) is 4.79 Å². The van der Waals surface area contributed by atoms with E-state index in [4.69, 9.17) is 17.0 Å². The molecule has 20 heavy (non-hydrogen) atoms. The van der Waals surface area contributed by atoms with Gasteiger partial charge in [-0.15, -0.1) is 0 Å². The Balaban J connectivity index is 2.50. The van der Waals surface area contributed by atoms with E-state index in [1.54, 1.807) is 0 Å². The Morgan fingerprint density at radius 2 is 2.15 bits per heavy atom. The summed E-state index contributed by atoms with van der Waals surface area (Å²) in [6, 6.07) is 2.49. The average molecular weight is 295 g/mol. The van der Waals surface area contributed by atoms with Crippen molar-refractivity contribution >= 4 is 35.0 Å². The van der Waals surface area contributed by atoms with Crippen molar-refractivity contribution in [2.45, 2.75) is 0 Å². The van der Waals surface area contributed by atoms with Crippen molar-refractivity contribution in [2.75, 3.05) is 7.11 Å². The van der Waals surface area contributed by atoms with Crippen molar-refractivity contribution in [1.82, 2.24) is 10.6 Å². The molecule has 1 fully saturated rings. The normalized spacial score (nSPS) is 15.9. The van der Waals surface area contributed by atoms with E-state index in [1.807, 2.05) is 0 Å². The lowest BCUT2D eigenvalue weighted by molar-refractivity contribution is -0.386. The second kappa shape index (κ2) is 5.13. The number of nitro groups is 1. The molecule has 0 aromatic heterocycles. The minimum absolute atomic E-state index is 0.0629. The van der Waals surface area contributed by atoms with Gasteiger partial charge >= 0.3 is 5.69 Å². The van der Waals surface area contributed by atoms with Gasteiger partial charge in [-0.05, 0) is 29.9 Å². The maximum absolute atomic E-state index is 11.5. The largest absolute Gasteiger partial charge is 0.500 e. The fourth-order valence-corrected chi connectivity index (χ4v) is 1.84. The predicted molar refractivity (Wildman–Crippen MR) is 73.2 cm³/mol. The lowest BCUT2D eigenvalue weighted by Gasteiger charge is -2.05. The molecule has 9 heteroatoms. The first kappa shape index (κ1) is 13.7. The fourth-order valence-electron chi connectivity index (χ4n) is 1.64. The molecule has 0 aliphatic carbocycles. The third-order valence-corrected chi connectivity index (χ3v) is 2.73. The number of nitrogens with one attached hydrogen (secondary N) is 2. The molecule has 2 rings (SSSR count). The Hall–Kier alpha value is -2.68. The average Bonchev–Trinajstić information content (AvgIpc) is 2.69. The summed E-state index contributed by atoms with van der Waals surface area (Å²) in [6.07, 6.45) is 1.36. The van der Waals surface area contributed by atoms with Crippen molar-refractivity contribution in [3.05, 3.63) is 33.5 Å². The van der Waals surface area contributed by atoms with E-state index in [-0.39, 0.29) is 16.6 Å². The molecule has 0 saturated carbocycles. The molecule has 0 spiro atoms. The van der Waals surface area contributed by atoms with Crippen LogP contribution in [-0.4, -0.2) is 28.2 Å². The van der Waals surface area contributed by atoms with E-state index >= 15 is 0 Å². The van der Waals surface area contributed by atoms with Crippen LogP contribution in [0.2, 0.25) is 0 Å². The second-order valence-electron chi connectivity index (χ2n) is 3.81. The molecule has 0 bridgehead atoms. The van der Waals surface area contributed by atoms with E-state index < -0.39 is 22.3 Å². The zero-order valence-electron chi connectivity index (χ0n) is 10.2. The van der Waals surface area contributed by atoms with E-state index in [9.17, 15) is 20.0 Å². The number of nitro benzene ring substituents is 1. The zero-order chi connectivity index (χ0) is 14.9. The van der Waals surface area contributed by atoms with Crippen LogP contribution in [0.1, 0.15) is 5.56 Å². The molecule has 1 aromatic carbocycles. The van der Waals surface area contributed by atoms with Crippen molar-refractivity contribution in [2.24, 2.45) is 0 Å². The van der Waals surface area contributed by atoms with Gasteiger partial charge in [0.05, 0.1) is 12.0 Å². The van der Waals surface area contributed by atoms with Gasteiger partial charge in [-0.25, -0.2) is 0 Å². The second-order valence-corrected chi connectivity index (χ2v) is 4.22. The highest BCUT2D eigenvalue weighted by Crippen LogP contribution is 2.37. The maximum Gasteiger partial charge on any atom is 0.315 e. The van der Waals surface area contributed by atoms with Gasteiger partial charge < -0.3 is 15.2 Å². The van der Waals surface area contributed by atoms with Crippen LogP contribution in [0.25, 0.3) is 6.08 Å². The topological polar surface area (TPSA) is 114 Å². The number of thiocarbonyl (C=S) groups is 1. The van der Waals surface area contributed by atoms with Gasteiger partial charge in [0.1, 0.15) is 5.70 Å². The van der Waals surface area contributed by atoms with Gasteiger partial charge in [0, 0.05) is 6.07 Å². The van der Waals surface area contributed by atoms with Crippen molar-refractivity contribution in [1.29, 1.82) is 0 Å². The van der Waals surface area contributed by atoms with Crippen LogP contribution in [0.4, 0.5) is 5.69 Å². The van der Waals surface area contributed by atoms with Gasteiger partial charge in [-0.3, -0.25) is 20.2 Å². The van der Waals surface area contributed by atoms with E-state index in [0.29, 0.717) is 5.56 Å². The van der Waals surface area contributed by atoms with Gasteiger partial charge in [-0.2, -0.15) is 0 Å². The standard InChI is InChI=1S/C11H9N3O5S/c1-19-8-4-5(3-7(9(8)15)14(17)18)2-6-10(16)13-11(20)12-6/h2-4,15H,1H3,(H2,12,13,16,20)/b6-2+. The van der Waals surface area contributed by atoms with Crippen LogP contribution in [0.3, 0.4) is 0 Å². The number of nitrogens with zero attached hydrogens (tertiary/aromatic N) is 1. The summed E-state index contributed by atoms with van der Waals surface area (Å²) in [5.41, 5.74) is -0.0528. The molecule has 1 saturated heterocycles.